The zero-order chi connectivity index (χ0) is 17.3. The van der Waals surface area contributed by atoms with Crippen LogP contribution in [0.1, 0.15) is 27.7 Å². The van der Waals surface area contributed by atoms with E-state index in [4.69, 9.17) is 9.47 Å². The molecular formula is C15H23NO6S. The third-order valence-corrected chi connectivity index (χ3v) is 5.10. The predicted molar refractivity (Wildman–Crippen MR) is 83.9 cm³/mol. The zero-order valence-corrected chi connectivity index (χ0v) is 14.5. The van der Waals surface area contributed by atoms with Crippen molar-refractivity contribution in [3.8, 4) is 0 Å². The van der Waals surface area contributed by atoms with E-state index in [1.165, 1.54) is 23.6 Å². The van der Waals surface area contributed by atoms with Crippen molar-refractivity contribution in [3.05, 3.63) is 10.6 Å². The van der Waals surface area contributed by atoms with Crippen molar-refractivity contribution in [1.29, 1.82) is 0 Å². The summed E-state index contributed by atoms with van der Waals surface area (Å²) >= 11 is 1.32. The summed E-state index contributed by atoms with van der Waals surface area (Å²) in [6.07, 6.45) is -1.66. The van der Waals surface area contributed by atoms with Crippen molar-refractivity contribution < 1.29 is 29.3 Å². The summed E-state index contributed by atoms with van der Waals surface area (Å²) in [6, 6.07) is 0. The Labute approximate surface area is 139 Å². The van der Waals surface area contributed by atoms with Crippen LogP contribution in [0.3, 0.4) is 0 Å². The molecule has 0 bridgehead atoms. The SMILES string of the molecule is CC(=O)OCC1=C(C(=O)OCC(C)C)N2C(O)[C@H]([C@@H](C)O)C2S1. The molecule has 0 aromatic heterocycles. The van der Waals surface area contributed by atoms with Gasteiger partial charge in [-0.15, -0.1) is 0 Å². The summed E-state index contributed by atoms with van der Waals surface area (Å²) in [6.45, 7) is 6.97. The van der Waals surface area contributed by atoms with Crippen molar-refractivity contribution in [2.45, 2.75) is 45.4 Å². The van der Waals surface area contributed by atoms with Gasteiger partial charge in [0.05, 0.1) is 28.9 Å². The molecule has 4 atom stereocenters. The number of fused-ring (bicyclic) bond motifs is 1. The van der Waals surface area contributed by atoms with Gasteiger partial charge in [-0.25, -0.2) is 4.79 Å². The third-order valence-electron chi connectivity index (χ3n) is 3.72. The second-order valence-corrected chi connectivity index (χ2v) is 7.40. The van der Waals surface area contributed by atoms with Crippen LogP contribution < -0.4 is 0 Å². The minimum Gasteiger partial charge on any atom is -0.461 e. The van der Waals surface area contributed by atoms with E-state index < -0.39 is 24.3 Å². The molecule has 0 aromatic carbocycles. The lowest BCUT2D eigenvalue weighted by Gasteiger charge is -2.51. The maximum Gasteiger partial charge on any atom is 0.355 e. The summed E-state index contributed by atoms with van der Waals surface area (Å²) in [7, 11) is 0. The molecule has 2 rings (SSSR count). The number of carbonyl (C=O) groups is 2. The minimum atomic E-state index is -0.955. The maximum absolute atomic E-state index is 12.4. The lowest BCUT2D eigenvalue weighted by Crippen LogP contribution is -2.63. The number of hydrogen-bond acceptors (Lipinski definition) is 8. The monoisotopic (exact) mass is 345 g/mol. The number of thioether (sulfide) groups is 1. The molecule has 0 amide bonds. The van der Waals surface area contributed by atoms with Gasteiger partial charge in [0.25, 0.3) is 0 Å². The van der Waals surface area contributed by atoms with Crippen molar-refractivity contribution in [3.63, 3.8) is 0 Å². The number of rotatable bonds is 6. The van der Waals surface area contributed by atoms with Gasteiger partial charge in [0.15, 0.2) is 0 Å². The largest absolute Gasteiger partial charge is 0.461 e. The average molecular weight is 345 g/mol. The highest BCUT2D eigenvalue weighted by molar-refractivity contribution is 8.04. The van der Waals surface area contributed by atoms with Crippen LogP contribution >= 0.6 is 11.8 Å². The number of aliphatic hydroxyl groups is 2. The van der Waals surface area contributed by atoms with Crippen LogP contribution in [0.15, 0.2) is 10.6 Å². The fraction of sp³-hybridized carbons (Fsp3) is 0.733. The van der Waals surface area contributed by atoms with Crippen LogP contribution in [0.2, 0.25) is 0 Å². The highest BCUT2D eigenvalue weighted by atomic mass is 32.2. The van der Waals surface area contributed by atoms with E-state index in [1.807, 2.05) is 13.8 Å². The van der Waals surface area contributed by atoms with Gasteiger partial charge < -0.3 is 24.6 Å². The van der Waals surface area contributed by atoms with Gasteiger partial charge in [0, 0.05) is 6.92 Å². The van der Waals surface area contributed by atoms with Crippen LogP contribution in [0, 0.1) is 11.8 Å². The maximum atomic E-state index is 12.4. The molecule has 2 N–H and O–H groups in total. The second kappa shape index (κ2) is 7.11. The molecule has 7 nitrogen and oxygen atoms in total. The number of esters is 2. The lowest BCUT2D eigenvalue weighted by atomic mass is 9.91. The molecule has 2 unspecified atom stereocenters. The molecule has 0 radical (unpaired) electrons. The fourth-order valence-electron chi connectivity index (χ4n) is 2.59. The number of ether oxygens (including phenoxy) is 2. The van der Waals surface area contributed by atoms with Gasteiger partial charge in [-0.1, -0.05) is 25.6 Å². The van der Waals surface area contributed by atoms with Crippen LogP contribution in [0.25, 0.3) is 0 Å². The molecule has 2 heterocycles. The van der Waals surface area contributed by atoms with Gasteiger partial charge in [-0.2, -0.15) is 0 Å². The van der Waals surface area contributed by atoms with E-state index in [2.05, 4.69) is 0 Å². The molecular weight excluding hydrogens is 322 g/mol. The molecule has 0 saturated carbocycles. The number of hydrogen-bond donors (Lipinski definition) is 2. The summed E-state index contributed by atoms with van der Waals surface area (Å²) in [5.41, 5.74) is 0.228. The molecule has 0 spiro atoms. The van der Waals surface area contributed by atoms with Gasteiger partial charge >= 0.3 is 11.9 Å². The minimum absolute atomic E-state index is 0.0433. The van der Waals surface area contributed by atoms with E-state index in [-0.39, 0.29) is 36.1 Å². The van der Waals surface area contributed by atoms with E-state index in [1.54, 1.807) is 6.92 Å². The fourth-order valence-corrected chi connectivity index (χ4v) is 4.18. The topological polar surface area (TPSA) is 96.3 Å². The standard InChI is InChI=1S/C15H23NO6S/c1-7(2)5-22-15(20)12-10(6-21-9(4)18)23-14-11(8(3)17)13(19)16(12)14/h7-8,11,13-14,17,19H,5-6H2,1-4H3/t8-,11+,13?,14?/m1/s1. The summed E-state index contributed by atoms with van der Waals surface area (Å²) < 4.78 is 10.2. The molecule has 0 aromatic rings. The third kappa shape index (κ3) is 3.64. The first-order valence-corrected chi connectivity index (χ1v) is 8.46. The van der Waals surface area contributed by atoms with Crippen molar-refractivity contribution in [2.24, 2.45) is 11.8 Å². The highest BCUT2D eigenvalue weighted by Crippen LogP contribution is 2.52. The Morgan fingerprint density at radius 1 is 1.30 bits per heavy atom. The van der Waals surface area contributed by atoms with Crippen molar-refractivity contribution >= 4 is 23.7 Å². The van der Waals surface area contributed by atoms with Crippen LogP contribution in [-0.4, -0.2) is 58.0 Å². The molecule has 1 saturated heterocycles. The van der Waals surface area contributed by atoms with Gasteiger partial charge in [-0.05, 0) is 12.8 Å². The van der Waals surface area contributed by atoms with Crippen molar-refractivity contribution in [1.82, 2.24) is 4.90 Å². The predicted octanol–water partition coefficient (Wildman–Crippen LogP) is 0.664. The van der Waals surface area contributed by atoms with E-state index in [0.717, 1.165) is 0 Å². The quantitative estimate of drug-likeness (QED) is 0.678. The molecule has 0 aliphatic carbocycles. The van der Waals surface area contributed by atoms with E-state index in [0.29, 0.717) is 4.91 Å². The molecule has 2 aliphatic rings. The number of aliphatic hydroxyl groups excluding tert-OH is 2. The van der Waals surface area contributed by atoms with Crippen molar-refractivity contribution in [2.75, 3.05) is 13.2 Å². The Bertz CT molecular complexity index is 518. The summed E-state index contributed by atoms with van der Waals surface area (Å²) in [5.74, 6) is -1.18. The van der Waals surface area contributed by atoms with Gasteiger partial charge in [0.2, 0.25) is 0 Å². The Balaban J connectivity index is 2.18. The molecule has 8 heteroatoms. The normalized spacial score (nSPS) is 27.6. The molecule has 2 aliphatic heterocycles. The Kier molecular flexibility index (Phi) is 5.59. The Morgan fingerprint density at radius 3 is 2.48 bits per heavy atom. The van der Waals surface area contributed by atoms with Gasteiger partial charge in [-0.3, -0.25) is 4.79 Å². The number of nitrogens with zero attached hydrogens (tertiary/aromatic N) is 1. The first-order valence-electron chi connectivity index (χ1n) is 7.58. The average Bonchev–Trinajstić information content (AvgIpc) is 2.76. The van der Waals surface area contributed by atoms with Crippen LogP contribution in [-0.2, 0) is 19.1 Å². The Morgan fingerprint density at radius 2 is 1.96 bits per heavy atom. The highest BCUT2D eigenvalue weighted by Gasteiger charge is 2.57. The summed E-state index contributed by atoms with van der Waals surface area (Å²) in [4.78, 5) is 25.5. The van der Waals surface area contributed by atoms with Gasteiger partial charge in [0.1, 0.15) is 18.5 Å². The molecule has 23 heavy (non-hydrogen) atoms. The second-order valence-electron chi connectivity index (χ2n) is 6.19. The zero-order valence-electron chi connectivity index (χ0n) is 13.7. The summed E-state index contributed by atoms with van der Waals surface area (Å²) in [5, 5.41) is 19.8. The smallest absolute Gasteiger partial charge is 0.355 e. The van der Waals surface area contributed by atoms with E-state index in [9.17, 15) is 19.8 Å². The molecule has 1 fully saturated rings. The molecule has 130 valence electrons. The van der Waals surface area contributed by atoms with E-state index >= 15 is 0 Å². The lowest BCUT2D eigenvalue weighted by molar-refractivity contribution is -0.170. The first kappa shape index (κ1) is 18.1. The first-order chi connectivity index (χ1) is 10.7. The number of carbonyl (C=O) groups excluding carboxylic acids is 2. The van der Waals surface area contributed by atoms with Crippen LogP contribution in [0.5, 0.6) is 0 Å². The Hall–Kier alpha value is -1.25. The van der Waals surface area contributed by atoms with Crippen LogP contribution in [0.4, 0.5) is 0 Å².